The minimum absolute atomic E-state index is 0.0444. The third-order valence-electron chi connectivity index (χ3n) is 7.70. The van der Waals surface area contributed by atoms with E-state index in [9.17, 15) is 14.7 Å². The van der Waals surface area contributed by atoms with Crippen LogP contribution in [0.15, 0.2) is 22.7 Å². The van der Waals surface area contributed by atoms with E-state index in [1.807, 2.05) is 11.8 Å². The molecule has 2 aromatic heterocycles. The Balaban J connectivity index is 1.10. The van der Waals surface area contributed by atoms with Crippen LogP contribution < -0.4 is 5.32 Å². The van der Waals surface area contributed by atoms with Gasteiger partial charge in [-0.25, -0.2) is 4.98 Å². The van der Waals surface area contributed by atoms with E-state index in [1.54, 1.807) is 18.2 Å². The Kier molecular flexibility index (Phi) is 7.57. The van der Waals surface area contributed by atoms with Crippen molar-refractivity contribution < 1.29 is 19.2 Å². The van der Waals surface area contributed by atoms with E-state index in [2.05, 4.69) is 32.3 Å². The lowest BCUT2D eigenvalue weighted by atomic mass is 9.97. The molecule has 0 saturated carbocycles. The Morgan fingerprint density at radius 2 is 1.92 bits per heavy atom. The molecular formula is C27H36N6O4. The molecule has 2 aliphatic rings. The minimum atomic E-state index is -0.161. The SMILES string of the molecule is CCCc1onc(C)c1C(=O)N1CCC(N2CCC(NC(=O)c3ccc4nc(CO)[nH]c4c3)CC2)CC1. The van der Waals surface area contributed by atoms with Gasteiger partial charge in [0.1, 0.15) is 23.8 Å². The van der Waals surface area contributed by atoms with E-state index in [-0.39, 0.29) is 24.5 Å². The molecule has 0 spiro atoms. The number of hydrogen-bond acceptors (Lipinski definition) is 7. The van der Waals surface area contributed by atoms with Gasteiger partial charge in [0.05, 0.1) is 16.7 Å². The zero-order valence-corrected chi connectivity index (χ0v) is 21.6. The predicted molar refractivity (Wildman–Crippen MR) is 138 cm³/mol. The third-order valence-corrected chi connectivity index (χ3v) is 7.70. The summed E-state index contributed by atoms with van der Waals surface area (Å²) in [5, 5.41) is 16.5. The van der Waals surface area contributed by atoms with Crippen molar-refractivity contribution >= 4 is 22.8 Å². The van der Waals surface area contributed by atoms with Gasteiger partial charge in [-0.15, -0.1) is 0 Å². The summed E-state index contributed by atoms with van der Waals surface area (Å²) < 4.78 is 5.41. The van der Waals surface area contributed by atoms with Crippen molar-refractivity contribution in [1.29, 1.82) is 0 Å². The quantitative estimate of drug-likeness (QED) is 0.448. The van der Waals surface area contributed by atoms with E-state index in [0.717, 1.165) is 75.7 Å². The summed E-state index contributed by atoms with van der Waals surface area (Å²) in [7, 11) is 0. The van der Waals surface area contributed by atoms with Crippen LogP contribution in [0.5, 0.6) is 0 Å². The molecular weight excluding hydrogens is 472 g/mol. The van der Waals surface area contributed by atoms with E-state index >= 15 is 0 Å². The Morgan fingerprint density at radius 3 is 2.62 bits per heavy atom. The summed E-state index contributed by atoms with van der Waals surface area (Å²) in [6, 6.07) is 5.96. The second kappa shape index (κ2) is 11.0. The number of aromatic nitrogens is 3. The number of aryl methyl sites for hydroxylation is 2. The summed E-state index contributed by atoms with van der Waals surface area (Å²) in [4.78, 5) is 37.8. The molecule has 37 heavy (non-hydrogen) atoms. The van der Waals surface area contributed by atoms with Crippen LogP contribution in [-0.2, 0) is 13.0 Å². The summed E-state index contributed by atoms with van der Waals surface area (Å²) in [6.45, 7) is 7.11. The first-order valence-electron chi connectivity index (χ1n) is 13.4. The van der Waals surface area contributed by atoms with Crippen molar-refractivity contribution in [2.24, 2.45) is 0 Å². The number of piperidine rings is 2. The lowest BCUT2D eigenvalue weighted by Crippen LogP contribution is -2.51. The average molecular weight is 509 g/mol. The molecule has 2 amide bonds. The number of aliphatic hydroxyl groups is 1. The zero-order valence-electron chi connectivity index (χ0n) is 21.6. The molecule has 5 rings (SSSR count). The van der Waals surface area contributed by atoms with Crippen LogP contribution >= 0.6 is 0 Å². The Bertz CT molecular complexity index is 1250. The largest absolute Gasteiger partial charge is 0.388 e. The summed E-state index contributed by atoms with van der Waals surface area (Å²) >= 11 is 0. The number of carbonyl (C=O) groups is 2. The zero-order chi connectivity index (χ0) is 25.9. The van der Waals surface area contributed by atoms with E-state index in [4.69, 9.17) is 4.52 Å². The molecule has 2 saturated heterocycles. The first-order chi connectivity index (χ1) is 18.0. The number of hydrogen-bond donors (Lipinski definition) is 3. The van der Waals surface area contributed by atoms with Gasteiger partial charge in [0, 0.05) is 50.2 Å². The van der Waals surface area contributed by atoms with Gasteiger partial charge in [0.25, 0.3) is 11.8 Å². The van der Waals surface area contributed by atoms with Crippen LogP contribution in [0.25, 0.3) is 11.0 Å². The molecule has 3 aromatic rings. The lowest BCUT2D eigenvalue weighted by molar-refractivity contribution is 0.0564. The van der Waals surface area contributed by atoms with E-state index < -0.39 is 0 Å². The highest BCUT2D eigenvalue weighted by Crippen LogP contribution is 2.25. The van der Waals surface area contributed by atoms with Crippen molar-refractivity contribution in [2.45, 2.75) is 71.1 Å². The number of nitrogens with zero attached hydrogens (tertiary/aromatic N) is 4. The minimum Gasteiger partial charge on any atom is -0.388 e. The van der Waals surface area contributed by atoms with Crippen molar-refractivity contribution in [3.63, 3.8) is 0 Å². The molecule has 3 N–H and O–H groups in total. The monoisotopic (exact) mass is 508 g/mol. The molecule has 10 heteroatoms. The molecule has 4 heterocycles. The molecule has 0 radical (unpaired) electrons. The van der Waals surface area contributed by atoms with Crippen LogP contribution in [0.2, 0.25) is 0 Å². The van der Waals surface area contributed by atoms with Gasteiger partial charge in [-0.3, -0.25) is 9.59 Å². The van der Waals surface area contributed by atoms with Gasteiger partial charge in [-0.1, -0.05) is 12.1 Å². The number of carbonyl (C=O) groups excluding carboxylic acids is 2. The smallest absolute Gasteiger partial charge is 0.259 e. The molecule has 0 aliphatic carbocycles. The van der Waals surface area contributed by atoms with Crippen LogP contribution in [0.4, 0.5) is 0 Å². The van der Waals surface area contributed by atoms with Gasteiger partial charge in [-0.2, -0.15) is 0 Å². The van der Waals surface area contributed by atoms with Crippen molar-refractivity contribution in [2.75, 3.05) is 26.2 Å². The molecule has 0 unspecified atom stereocenters. The molecule has 0 bridgehead atoms. The van der Waals surface area contributed by atoms with Gasteiger partial charge in [0.2, 0.25) is 0 Å². The maximum absolute atomic E-state index is 13.2. The molecule has 10 nitrogen and oxygen atoms in total. The number of fused-ring (bicyclic) bond motifs is 1. The highest BCUT2D eigenvalue weighted by molar-refractivity contribution is 5.97. The number of nitrogens with one attached hydrogen (secondary N) is 2. The van der Waals surface area contributed by atoms with Crippen molar-refractivity contribution in [1.82, 2.24) is 30.2 Å². The van der Waals surface area contributed by atoms with E-state index in [1.165, 1.54) is 0 Å². The van der Waals surface area contributed by atoms with Crippen LogP contribution in [0.1, 0.15) is 77.0 Å². The molecule has 1 aromatic carbocycles. The second-order valence-electron chi connectivity index (χ2n) is 10.2. The standard InChI is InChI=1S/C27H36N6O4/c1-3-4-23-25(17(2)31-37-23)27(36)33-13-9-20(10-14-33)32-11-7-19(8-12-32)28-26(35)18-5-6-21-22(15-18)30-24(16-34)29-21/h5-6,15,19-20,34H,3-4,7-14,16H2,1-2H3,(H,28,35)(H,29,30). The first-order valence-corrected chi connectivity index (χ1v) is 13.4. The summed E-state index contributed by atoms with van der Waals surface area (Å²) in [6.07, 6.45) is 5.37. The van der Waals surface area contributed by atoms with Crippen LogP contribution in [0, 0.1) is 6.92 Å². The normalized spacial score (nSPS) is 18.0. The topological polar surface area (TPSA) is 128 Å². The molecule has 2 aliphatic heterocycles. The number of imidazole rings is 1. The maximum Gasteiger partial charge on any atom is 0.259 e. The fourth-order valence-corrected chi connectivity index (χ4v) is 5.64. The number of amides is 2. The van der Waals surface area contributed by atoms with Gasteiger partial charge >= 0.3 is 0 Å². The Hall–Kier alpha value is -3.24. The highest BCUT2D eigenvalue weighted by atomic mass is 16.5. The average Bonchev–Trinajstić information content (AvgIpc) is 3.51. The molecule has 198 valence electrons. The first kappa shape index (κ1) is 25.4. The number of aliphatic hydroxyl groups excluding tert-OH is 1. The highest BCUT2D eigenvalue weighted by Gasteiger charge is 2.32. The Morgan fingerprint density at radius 1 is 1.16 bits per heavy atom. The van der Waals surface area contributed by atoms with Gasteiger partial charge < -0.3 is 29.7 Å². The fraction of sp³-hybridized carbons (Fsp3) is 0.556. The molecule has 0 atom stereocenters. The number of benzene rings is 1. The van der Waals surface area contributed by atoms with Crippen molar-refractivity contribution in [3.05, 3.63) is 46.6 Å². The lowest BCUT2D eigenvalue weighted by Gasteiger charge is -2.42. The second-order valence-corrected chi connectivity index (χ2v) is 10.2. The predicted octanol–water partition coefficient (Wildman–Crippen LogP) is 2.80. The maximum atomic E-state index is 13.2. The van der Waals surface area contributed by atoms with Crippen LogP contribution in [0.3, 0.4) is 0 Å². The third kappa shape index (κ3) is 5.40. The summed E-state index contributed by atoms with van der Waals surface area (Å²) in [5.74, 6) is 1.15. The number of likely N-dealkylation sites (tertiary alicyclic amines) is 2. The summed E-state index contributed by atoms with van der Waals surface area (Å²) in [5.41, 5.74) is 3.40. The van der Waals surface area contributed by atoms with Gasteiger partial charge in [-0.05, 0) is 57.2 Å². The van der Waals surface area contributed by atoms with Crippen molar-refractivity contribution in [3.8, 4) is 0 Å². The van der Waals surface area contributed by atoms with Crippen LogP contribution in [-0.4, -0.2) is 80.1 Å². The van der Waals surface area contributed by atoms with E-state index in [0.29, 0.717) is 34.4 Å². The molecule has 2 fully saturated rings. The number of rotatable bonds is 7. The Labute approximate surface area is 216 Å². The number of aromatic amines is 1. The number of H-pyrrole nitrogens is 1. The fourth-order valence-electron chi connectivity index (χ4n) is 5.64. The van der Waals surface area contributed by atoms with Gasteiger partial charge in [0.15, 0.2) is 0 Å².